The molecule has 1 aliphatic rings. The summed E-state index contributed by atoms with van der Waals surface area (Å²) in [5, 5.41) is 0. The van der Waals surface area contributed by atoms with Crippen LogP contribution in [0.1, 0.15) is 16.8 Å². The minimum absolute atomic E-state index is 0.0739. The Kier molecular flexibility index (Phi) is 3.31. The maximum Gasteiger partial charge on any atom is 0.267 e. The van der Waals surface area contributed by atoms with Crippen molar-refractivity contribution in [2.75, 3.05) is 11.4 Å². The van der Waals surface area contributed by atoms with Crippen molar-refractivity contribution >= 4 is 17.5 Å². The van der Waals surface area contributed by atoms with E-state index in [0.717, 1.165) is 0 Å². The van der Waals surface area contributed by atoms with Gasteiger partial charge in [-0.1, -0.05) is 12.1 Å². The van der Waals surface area contributed by atoms with Crippen LogP contribution >= 0.6 is 0 Å². The molecular formula is C13H13N3O2. The molecule has 5 heteroatoms. The number of terminal acetylenes is 1. The summed E-state index contributed by atoms with van der Waals surface area (Å²) < 4.78 is 0. The lowest BCUT2D eigenvalue weighted by molar-refractivity contribution is -0.117. The van der Waals surface area contributed by atoms with Crippen LogP contribution < -0.4 is 16.2 Å². The van der Waals surface area contributed by atoms with Crippen molar-refractivity contribution in [3.05, 3.63) is 29.8 Å². The van der Waals surface area contributed by atoms with E-state index in [0.29, 0.717) is 24.2 Å². The molecule has 0 spiro atoms. The van der Waals surface area contributed by atoms with Gasteiger partial charge < -0.3 is 4.90 Å². The number of hydrazine groups is 1. The number of benzene rings is 1. The molecule has 2 rings (SSSR count). The highest BCUT2D eigenvalue weighted by atomic mass is 16.2. The number of nitrogens with two attached hydrogens (primary N) is 1. The van der Waals surface area contributed by atoms with E-state index in [4.69, 9.17) is 12.3 Å². The van der Waals surface area contributed by atoms with Crippen molar-refractivity contribution in [2.45, 2.75) is 6.42 Å². The standard InChI is InChI=1S/C13H13N3O2/c1-2-9-7-12(17)16(8-9)11-6-4-3-5-10(11)13(18)15-14/h1,3-6,9H,7-8,14H2,(H,15,18). The molecule has 0 radical (unpaired) electrons. The van der Waals surface area contributed by atoms with Crippen LogP contribution in [-0.4, -0.2) is 18.4 Å². The van der Waals surface area contributed by atoms with E-state index in [2.05, 4.69) is 11.3 Å². The summed E-state index contributed by atoms with van der Waals surface area (Å²) in [7, 11) is 0. The zero-order chi connectivity index (χ0) is 13.1. The number of hydrogen-bond acceptors (Lipinski definition) is 3. The topological polar surface area (TPSA) is 75.4 Å². The average molecular weight is 243 g/mol. The van der Waals surface area contributed by atoms with Crippen LogP contribution in [-0.2, 0) is 4.79 Å². The van der Waals surface area contributed by atoms with E-state index in [9.17, 15) is 9.59 Å². The first-order chi connectivity index (χ1) is 8.67. The molecular weight excluding hydrogens is 230 g/mol. The molecule has 18 heavy (non-hydrogen) atoms. The van der Waals surface area contributed by atoms with Gasteiger partial charge in [0.2, 0.25) is 5.91 Å². The maximum atomic E-state index is 11.9. The number of carbonyl (C=O) groups excluding carboxylic acids is 2. The third kappa shape index (κ3) is 2.06. The Morgan fingerprint density at radius 3 is 2.83 bits per heavy atom. The zero-order valence-corrected chi connectivity index (χ0v) is 9.72. The van der Waals surface area contributed by atoms with Crippen LogP contribution in [0.2, 0.25) is 0 Å². The van der Waals surface area contributed by atoms with Gasteiger partial charge in [0.1, 0.15) is 0 Å². The smallest absolute Gasteiger partial charge is 0.267 e. The highest BCUT2D eigenvalue weighted by molar-refractivity contribution is 6.05. The van der Waals surface area contributed by atoms with E-state index in [1.807, 2.05) is 0 Å². The Hall–Kier alpha value is -2.32. The van der Waals surface area contributed by atoms with Crippen LogP contribution in [0, 0.1) is 18.3 Å². The molecule has 92 valence electrons. The molecule has 1 atom stereocenters. The van der Waals surface area contributed by atoms with Crippen molar-refractivity contribution < 1.29 is 9.59 Å². The Morgan fingerprint density at radius 2 is 2.22 bits per heavy atom. The minimum Gasteiger partial charge on any atom is -0.310 e. The lowest BCUT2D eigenvalue weighted by Crippen LogP contribution is -2.33. The zero-order valence-electron chi connectivity index (χ0n) is 9.72. The lowest BCUT2D eigenvalue weighted by atomic mass is 10.1. The quantitative estimate of drug-likeness (QED) is 0.339. The van der Waals surface area contributed by atoms with E-state index < -0.39 is 5.91 Å². The van der Waals surface area contributed by atoms with Crippen molar-refractivity contribution in [2.24, 2.45) is 11.8 Å². The van der Waals surface area contributed by atoms with Gasteiger partial charge in [-0.05, 0) is 12.1 Å². The average Bonchev–Trinajstić information content (AvgIpc) is 2.79. The molecule has 0 aromatic heterocycles. The largest absolute Gasteiger partial charge is 0.310 e. The number of nitrogens with zero attached hydrogens (tertiary/aromatic N) is 1. The number of nitrogens with one attached hydrogen (secondary N) is 1. The molecule has 0 bridgehead atoms. The van der Waals surface area contributed by atoms with Gasteiger partial charge in [0.15, 0.2) is 0 Å². The summed E-state index contributed by atoms with van der Waals surface area (Å²) in [5.74, 6) is 7.09. The normalized spacial score (nSPS) is 18.6. The molecule has 5 nitrogen and oxygen atoms in total. The summed E-state index contributed by atoms with van der Waals surface area (Å²) in [4.78, 5) is 25.0. The third-order valence-corrected chi connectivity index (χ3v) is 2.93. The summed E-state index contributed by atoms with van der Waals surface area (Å²) in [6.45, 7) is 0.435. The van der Waals surface area contributed by atoms with Crippen LogP contribution in [0.15, 0.2) is 24.3 Å². The van der Waals surface area contributed by atoms with Gasteiger partial charge in [-0.3, -0.25) is 15.0 Å². The van der Waals surface area contributed by atoms with E-state index in [1.54, 1.807) is 24.3 Å². The molecule has 2 amide bonds. The summed E-state index contributed by atoms with van der Waals surface area (Å²) in [5.41, 5.74) is 2.98. The fourth-order valence-electron chi connectivity index (χ4n) is 2.03. The molecule has 1 fully saturated rings. The van der Waals surface area contributed by atoms with Crippen molar-refractivity contribution in [1.29, 1.82) is 0 Å². The van der Waals surface area contributed by atoms with Crippen molar-refractivity contribution in [3.8, 4) is 12.3 Å². The fourth-order valence-corrected chi connectivity index (χ4v) is 2.03. The Bertz CT molecular complexity index is 533. The second-order valence-electron chi connectivity index (χ2n) is 4.06. The molecule has 0 saturated carbocycles. The van der Waals surface area contributed by atoms with Crippen LogP contribution in [0.5, 0.6) is 0 Å². The molecule has 1 aromatic carbocycles. The SMILES string of the molecule is C#CC1CC(=O)N(c2ccccc2C(=O)NN)C1. The number of rotatable bonds is 2. The molecule has 0 aliphatic carbocycles. The molecule has 3 N–H and O–H groups in total. The summed E-state index contributed by atoms with van der Waals surface area (Å²) in [6, 6.07) is 6.81. The van der Waals surface area contributed by atoms with Gasteiger partial charge >= 0.3 is 0 Å². The maximum absolute atomic E-state index is 11.9. The highest BCUT2D eigenvalue weighted by Crippen LogP contribution is 2.27. The van der Waals surface area contributed by atoms with Crippen molar-refractivity contribution in [1.82, 2.24) is 5.43 Å². The predicted octanol–water partition coefficient (Wildman–Crippen LogP) is 0.276. The van der Waals surface area contributed by atoms with Crippen LogP contribution in [0.4, 0.5) is 5.69 Å². The summed E-state index contributed by atoms with van der Waals surface area (Å²) in [6.07, 6.45) is 5.65. The van der Waals surface area contributed by atoms with Gasteiger partial charge in [0.05, 0.1) is 11.3 Å². The highest BCUT2D eigenvalue weighted by Gasteiger charge is 2.31. The number of nitrogen functional groups attached to an aromatic ring is 1. The third-order valence-electron chi connectivity index (χ3n) is 2.93. The monoisotopic (exact) mass is 243 g/mol. The van der Waals surface area contributed by atoms with Crippen molar-refractivity contribution in [3.63, 3.8) is 0 Å². The van der Waals surface area contributed by atoms with E-state index in [1.165, 1.54) is 4.90 Å². The summed E-state index contributed by atoms with van der Waals surface area (Å²) >= 11 is 0. The molecule has 1 heterocycles. The molecule has 1 aromatic rings. The van der Waals surface area contributed by atoms with Gasteiger partial charge in [-0.2, -0.15) is 0 Å². The second kappa shape index (κ2) is 4.90. The lowest BCUT2D eigenvalue weighted by Gasteiger charge is -2.19. The number of para-hydroxylation sites is 1. The Balaban J connectivity index is 2.37. The second-order valence-corrected chi connectivity index (χ2v) is 4.06. The first kappa shape index (κ1) is 12.1. The number of amides is 2. The number of carbonyl (C=O) groups is 2. The first-order valence-corrected chi connectivity index (χ1v) is 5.54. The molecule has 1 unspecified atom stereocenters. The number of hydrogen-bond donors (Lipinski definition) is 2. The number of anilines is 1. The molecule has 1 aliphatic heterocycles. The minimum atomic E-state index is -0.428. The first-order valence-electron chi connectivity index (χ1n) is 5.54. The molecule has 1 saturated heterocycles. The van der Waals surface area contributed by atoms with Crippen LogP contribution in [0.3, 0.4) is 0 Å². The van der Waals surface area contributed by atoms with Gasteiger partial charge in [0, 0.05) is 18.9 Å². The fraction of sp³-hybridized carbons (Fsp3) is 0.231. The van der Waals surface area contributed by atoms with Crippen LogP contribution in [0.25, 0.3) is 0 Å². The predicted molar refractivity (Wildman–Crippen MR) is 67.4 cm³/mol. The Morgan fingerprint density at radius 1 is 1.50 bits per heavy atom. The van der Waals surface area contributed by atoms with Gasteiger partial charge in [0.25, 0.3) is 5.91 Å². The Labute approximate surface area is 105 Å². The van der Waals surface area contributed by atoms with Gasteiger partial charge in [-0.15, -0.1) is 12.3 Å². The van der Waals surface area contributed by atoms with Gasteiger partial charge in [-0.25, -0.2) is 5.84 Å². The van der Waals surface area contributed by atoms with E-state index >= 15 is 0 Å². The van der Waals surface area contributed by atoms with E-state index in [-0.39, 0.29) is 11.8 Å².